The van der Waals surface area contributed by atoms with Crippen molar-refractivity contribution in [1.29, 1.82) is 5.26 Å². The molecule has 1 saturated heterocycles. The van der Waals surface area contributed by atoms with Gasteiger partial charge in [-0.15, -0.1) is 0 Å². The lowest BCUT2D eigenvalue weighted by Gasteiger charge is -2.18. The van der Waals surface area contributed by atoms with E-state index >= 15 is 0 Å². The molecule has 3 heteroatoms. The number of carbonyl (C=O) groups is 1. The van der Waals surface area contributed by atoms with Crippen molar-refractivity contribution in [2.45, 2.75) is 27.2 Å². The van der Waals surface area contributed by atoms with Crippen molar-refractivity contribution in [2.24, 2.45) is 17.8 Å². The zero-order valence-corrected chi connectivity index (χ0v) is 9.16. The first-order valence-corrected chi connectivity index (χ1v) is 5.28. The van der Waals surface area contributed by atoms with Gasteiger partial charge in [0.05, 0.1) is 6.07 Å². The molecule has 0 aromatic heterocycles. The summed E-state index contributed by atoms with van der Waals surface area (Å²) in [7, 11) is 0. The van der Waals surface area contributed by atoms with Gasteiger partial charge >= 0.3 is 0 Å². The number of hydrogen-bond acceptors (Lipinski definition) is 2. The molecule has 0 spiro atoms. The maximum absolute atomic E-state index is 11.8. The van der Waals surface area contributed by atoms with Crippen LogP contribution in [0.5, 0.6) is 0 Å². The van der Waals surface area contributed by atoms with Crippen LogP contribution in [0.4, 0.5) is 0 Å². The van der Waals surface area contributed by atoms with Crippen LogP contribution in [0.25, 0.3) is 0 Å². The summed E-state index contributed by atoms with van der Waals surface area (Å²) in [5, 5.41) is 8.79. The molecular formula is C11H18N2O. The second-order valence-electron chi connectivity index (χ2n) is 4.29. The van der Waals surface area contributed by atoms with Crippen molar-refractivity contribution < 1.29 is 4.79 Å². The zero-order valence-electron chi connectivity index (χ0n) is 9.16. The molecule has 0 aromatic carbocycles. The maximum atomic E-state index is 11.8. The van der Waals surface area contributed by atoms with Crippen LogP contribution < -0.4 is 0 Å². The van der Waals surface area contributed by atoms with E-state index in [-0.39, 0.29) is 5.91 Å². The minimum absolute atomic E-state index is 0.0196. The molecule has 3 atom stereocenters. The molecule has 1 aliphatic heterocycles. The predicted molar refractivity (Wildman–Crippen MR) is 54.3 cm³/mol. The van der Waals surface area contributed by atoms with Gasteiger partial charge in [-0.05, 0) is 18.3 Å². The largest absolute Gasteiger partial charge is 0.341 e. The third-order valence-corrected chi connectivity index (χ3v) is 3.16. The van der Waals surface area contributed by atoms with E-state index in [9.17, 15) is 4.79 Å². The molecule has 1 heterocycles. The summed E-state index contributed by atoms with van der Waals surface area (Å²) in [6.07, 6.45) is 0.620. The number of nitriles is 1. The van der Waals surface area contributed by atoms with Crippen molar-refractivity contribution in [3.8, 4) is 6.07 Å². The number of hydrogen-bond donors (Lipinski definition) is 0. The van der Waals surface area contributed by atoms with Crippen LogP contribution in [0.1, 0.15) is 27.2 Å². The highest BCUT2D eigenvalue weighted by Crippen LogP contribution is 2.23. The molecule has 78 valence electrons. The van der Waals surface area contributed by atoms with Crippen LogP contribution in [0.3, 0.4) is 0 Å². The van der Waals surface area contributed by atoms with Gasteiger partial charge in [-0.1, -0.05) is 20.8 Å². The summed E-state index contributed by atoms with van der Waals surface area (Å²) < 4.78 is 0. The Morgan fingerprint density at radius 3 is 2.36 bits per heavy atom. The number of carbonyl (C=O) groups excluding carboxylic acids is 1. The quantitative estimate of drug-likeness (QED) is 0.671. The summed E-state index contributed by atoms with van der Waals surface area (Å²) in [6.45, 7) is 7.83. The fourth-order valence-electron chi connectivity index (χ4n) is 1.85. The van der Waals surface area contributed by atoms with Gasteiger partial charge in [0.2, 0.25) is 5.91 Å². The Morgan fingerprint density at radius 2 is 2.00 bits per heavy atom. The van der Waals surface area contributed by atoms with E-state index in [1.807, 2.05) is 11.8 Å². The molecule has 0 aliphatic carbocycles. The van der Waals surface area contributed by atoms with Gasteiger partial charge < -0.3 is 4.90 Å². The van der Waals surface area contributed by atoms with Crippen LogP contribution in [0.15, 0.2) is 0 Å². The van der Waals surface area contributed by atoms with E-state index < -0.39 is 5.92 Å². The first-order chi connectivity index (χ1) is 6.60. The smallest absolute Gasteiger partial charge is 0.239 e. The molecule has 0 radical (unpaired) electrons. The lowest BCUT2D eigenvalue weighted by molar-refractivity contribution is -0.133. The summed E-state index contributed by atoms with van der Waals surface area (Å²) in [6, 6.07) is 2.07. The van der Waals surface area contributed by atoms with Gasteiger partial charge in [0.25, 0.3) is 0 Å². The van der Waals surface area contributed by atoms with E-state index in [0.717, 1.165) is 13.1 Å². The first kappa shape index (κ1) is 11.0. The van der Waals surface area contributed by atoms with E-state index in [1.165, 1.54) is 0 Å². The third-order valence-electron chi connectivity index (χ3n) is 3.16. The van der Waals surface area contributed by atoms with Gasteiger partial charge in [-0.2, -0.15) is 5.26 Å². The van der Waals surface area contributed by atoms with Gasteiger partial charge in [-0.25, -0.2) is 0 Å². The molecule has 0 N–H and O–H groups in total. The van der Waals surface area contributed by atoms with E-state index in [2.05, 4.69) is 19.9 Å². The lowest BCUT2D eigenvalue weighted by Crippen LogP contribution is -2.33. The van der Waals surface area contributed by atoms with E-state index in [4.69, 9.17) is 5.26 Å². The zero-order chi connectivity index (χ0) is 10.7. The molecular weight excluding hydrogens is 176 g/mol. The number of rotatable bonds is 2. The monoisotopic (exact) mass is 194 g/mol. The standard InChI is InChI=1S/C11H18N2O/c1-4-10(5-12)11(14)13-6-8(2)9(3)7-13/h8-10H,4,6-7H2,1-3H3. The van der Waals surface area contributed by atoms with Crippen molar-refractivity contribution in [1.82, 2.24) is 4.90 Å². The highest BCUT2D eigenvalue weighted by atomic mass is 16.2. The van der Waals surface area contributed by atoms with Crippen LogP contribution >= 0.6 is 0 Å². The van der Waals surface area contributed by atoms with Crippen LogP contribution in [-0.4, -0.2) is 23.9 Å². The second-order valence-corrected chi connectivity index (χ2v) is 4.29. The number of amides is 1. The highest BCUT2D eigenvalue weighted by molar-refractivity contribution is 5.81. The SMILES string of the molecule is CCC(C#N)C(=O)N1CC(C)C(C)C1. The Balaban J connectivity index is 2.59. The molecule has 14 heavy (non-hydrogen) atoms. The van der Waals surface area contributed by atoms with Gasteiger partial charge in [0.1, 0.15) is 5.92 Å². The molecule has 0 aromatic rings. The van der Waals surface area contributed by atoms with Crippen molar-refractivity contribution in [3.63, 3.8) is 0 Å². The molecule has 1 aliphatic rings. The first-order valence-electron chi connectivity index (χ1n) is 5.28. The summed E-state index contributed by atoms with van der Waals surface area (Å²) in [4.78, 5) is 13.6. The van der Waals surface area contributed by atoms with Crippen molar-refractivity contribution in [2.75, 3.05) is 13.1 Å². The average Bonchev–Trinajstić information content (AvgIpc) is 2.49. The summed E-state index contributed by atoms with van der Waals surface area (Å²) in [5.74, 6) is 0.712. The Bertz CT molecular complexity index is 247. The van der Waals surface area contributed by atoms with Crippen LogP contribution in [0.2, 0.25) is 0 Å². The fourth-order valence-corrected chi connectivity index (χ4v) is 1.85. The Hall–Kier alpha value is -1.04. The molecule has 1 rings (SSSR count). The lowest BCUT2D eigenvalue weighted by atomic mass is 10.0. The Kier molecular flexibility index (Phi) is 3.51. The minimum Gasteiger partial charge on any atom is -0.341 e. The van der Waals surface area contributed by atoms with Gasteiger partial charge in [0, 0.05) is 13.1 Å². The van der Waals surface area contributed by atoms with Crippen molar-refractivity contribution in [3.05, 3.63) is 0 Å². The Labute approximate surface area is 85.7 Å². The highest BCUT2D eigenvalue weighted by Gasteiger charge is 2.32. The molecule has 3 unspecified atom stereocenters. The van der Waals surface area contributed by atoms with E-state index in [0.29, 0.717) is 18.3 Å². The average molecular weight is 194 g/mol. The molecule has 0 saturated carbocycles. The Morgan fingerprint density at radius 1 is 1.50 bits per heavy atom. The van der Waals surface area contributed by atoms with Crippen LogP contribution in [-0.2, 0) is 4.79 Å². The maximum Gasteiger partial charge on any atom is 0.239 e. The summed E-state index contributed by atoms with van der Waals surface area (Å²) >= 11 is 0. The third kappa shape index (κ3) is 2.06. The van der Waals surface area contributed by atoms with Gasteiger partial charge in [-0.3, -0.25) is 4.79 Å². The second kappa shape index (κ2) is 4.45. The number of likely N-dealkylation sites (tertiary alicyclic amines) is 1. The minimum atomic E-state index is -0.438. The fraction of sp³-hybridized carbons (Fsp3) is 0.818. The van der Waals surface area contributed by atoms with E-state index in [1.54, 1.807) is 0 Å². The normalized spacial score (nSPS) is 28.6. The van der Waals surface area contributed by atoms with Crippen LogP contribution in [0, 0.1) is 29.1 Å². The molecule has 1 amide bonds. The number of nitrogens with zero attached hydrogens (tertiary/aromatic N) is 2. The molecule has 1 fully saturated rings. The van der Waals surface area contributed by atoms with Gasteiger partial charge in [0.15, 0.2) is 0 Å². The topological polar surface area (TPSA) is 44.1 Å². The van der Waals surface area contributed by atoms with Crippen molar-refractivity contribution >= 4 is 5.91 Å². The predicted octanol–water partition coefficient (Wildman–Crippen LogP) is 1.65. The molecule has 0 bridgehead atoms. The summed E-state index contributed by atoms with van der Waals surface area (Å²) in [5.41, 5.74) is 0. The molecule has 3 nitrogen and oxygen atoms in total.